The second kappa shape index (κ2) is 4.45. The lowest BCUT2D eigenvalue weighted by Gasteiger charge is -2.23. The molecule has 0 radical (unpaired) electrons. The molecule has 1 unspecified atom stereocenters. The fraction of sp³-hybridized carbons (Fsp3) is 0.333. The Balaban J connectivity index is 2.30. The topological polar surface area (TPSA) is 75.6 Å². The molecule has 0 saturated carbocycles. The number of phenolic OH excluding ortho intramolecular Hbond substituents is 1. The summed E-state index contributed by atoms with van der Waals surface area (Å²) in [5, 5.41) is 12.5. The van der Waals surface area contributed by atoms with E-state index in [0.717, 1.165) is 0 Å². The van der Waals surface area contributed by atoms with Crippen LogP contribution in [0.15, 0.2) is 18.2 Å². The summed E-state index contributed by atoms with van der Waals surface area (Å²) in [4.78, 5) is 23.6. The van der Waals surface area contributed by atoms with Gasteiger partial charge in [-0.05, 0) is 19.1 Å². The SMILES string of the molecule is CCOC(=O)C1CNc2c(O)cccc2C1=O. The van der Waals surface area contributed by atoms with E-state index in [1.807, 2.05) is 0 Å². The number of para-hydroxylation sites is 1. The van der Waals surface area contributed by atoms with Gasteiger partial charge >= 0.3 is 5.97 Å². The first-order valence-electron chi connectivity index (χ1n) is 5.41. The number of hydrogen-bond acceptors (Lipinski definition) is 5. The lowest BCUT2D eigenvalue weighted by atomic mass is 9.92. The first kappa shape index (κ1) is 11.4. The van der Waals surface area contributed by atoms with Crippen LogP contribution >= 0.6 is 0 Å². The number of rotatable bonds is 2. The zero-order valence-electron chi connectivity index (χ0n) is 9.40. The molecule has 0 aromatic heterocycles. The zero-order chi connectivity index (χ0) is 12.4. The monoisotopic (exact) mass is 235 g/mol. The van der Waals surface area contributed by atoms with Crippen molar-refractivity contribution in [2.75, 3.05) is 18.5 Å². The lowest BCUT2D eigenvalue weighted by Crippen LogP contribution is -2.36. The van der Waals surface area contributed by atoms with Gasteiger partial charge in [-0.2, -0.15) is 0 Å². The highest BCUT2D eigenvalue weighted by Crippen LogP contribution is 2.32. The molecule has 2 N–H and O–H groups in total. The van der Waals surface area contributed by atoms with Gasteiger partial charge in [-0.3, -0.25) is 9.59 Å². The third kappa shape index (κ3) is 1.95. The van der Waals surface area contributed by atoms with Gasteiger partial charge in [-0.1, -0.05) is 6.07 Å². The van der Waals surface area contributed by atoms with E-state index >= 15 is 0 Å². The third-order valence-electron chi connectivity index (χ3n) is 2.68. The van der Waals surface area contributed by atoms with Crippen LogP contribution in [-0.2, 0) is 9.53 Å². The summed E-state index contributed by atoms with van der Waals surface area (Å²) in [5.74, 6) is -1.66. The second-order valence-corrected chi connectivity index (χ2v) is 3.75. The molecule has 1 aliphatic heterocycles. The molecule has 1 atom stereocenters. The van der Waals surface area contributed by atoms with Crippen molar-refractivity contribution in [1.82, 2.24) is 0 Å². The molecular formula is C12H13NO4. The van der Waals surface area contributed by atoms with E-state index in [9.17, 15) is 14.7 Å². The summed E-state index contributed by atoms with van der Waals surface area (Å²) >= 11 is 0. The minimum Gasteiger partial charge on any atom is -0.506 e. The maximum absolute atomic E-state index is 12.0. The smallest absolute Gasteiger partial charge is 0.318 e. The maximum atomic E-state index is 12.0. The maximum Gasteiger partial charge on any atom is 0.318 e. The van der Waals surface area contributed by atoms with Crippen molar-refractivity contribution < 1.29 is 19.4 Å². The number of hydrogen-bond donors (Lipinski definition) is 2. The predicted molar refractivity (Wildman–Crippen MR) is 61.1 cm³/mol. The van der Waals surface area contributed by atoms with Crippen molar-refractivity contribution in [3.05, 3.63) is 23.8 Å². The van der Waals surface area contributed by atoms with Gasteiger partial charge in [0.1, 0.15) is 11.7 Å². The average Bonchev–Trinajstić information content (AvgIpc) is 2.31. The molecule has 0 fully saturated rings. The Morgan fingerprint density at radius 2 is 2.35 bits per heavy atom. The number of anilines is 1. The Labute approximate surface area is 98.4 Å². The van der Waals surface area contributed by atoms with Gasteiger partial charge in [0.2, 0.25) is 0 Å². The fourth-order valence-electron chi connectivity index (χ4n) is 1.85. The van der Waals surface area contributed by atoms with Crippen LogP contribution in [0.4, 0.5) is 5.69 Å². The summed E-state index contributed by atoms with van der Waals surface area (Å²) in [6.45, 7) is 2.09. The summed E-state index contributed by atoms with van der Waals surface area (Å²) < 4.78 is 4.83. The zero-order valence-corrected chi connectivity index (χ0v) is 9.40. The minimum atomic E-state index is -0.829. The van der Waals surface area contributed by atoms with Crippen molar-refractivity contribution in [2.24, 2.45) is 5.92 Å². The first-order chi connectivity index (χ1) is 8.15. The van der Waals surface area contributed by atoms with Crippen LogP contribution in [0.3, 0.4) is 0 Å². The summed E-state index contributed by atoms with van der Waals surface area (Å²) in [7, 11) is 0. The molecule has 1 aromatic carbocycles. The third-order valence-corrected chi connectivity index (χ3v) is 2.68. The molecule has 0 saturated heterocycles. The van der Waals surface area contributed by atoms with E-state index in [-0.39, 0.29) is 24.7 Å². The van der Waals surface area contributed by atoms with Gasteiger partial charge in [-0.15, -0.1) is 0 Å². The number of Topliss-reactive ketones (excluding diaryl/α,β-unsaturated/α-hetero) is 1. The number of aromatic hydroxyl groups is 1. The molecular weight excluding hydrogens is 222 g/mol. The fourth-order valence-corrected chi connectivity index (χ4v) is 1.85. The Bertz CT molecular complexity index is 470. The molecule has 5 heteroatoms. The van der Waals surface area contributed by atoms with Crippen LogP contribution in [0.1, 0.15) is 17.3 Å². The van der Waals surface area contributed by atoms with Crippen LogP contribution in [0.5, 0.6) is 5.75 Å². The van der Waals surface area contributed by atoms with E-state index in [4.69, 9.17) is 4.74 Å². The number of benzene rings is 1. The van der Waals surface area contributed by atoms with E-state index in [1.165, 1.54) is 6.07 Å². The van der Waals surface area contributed by atoms with Crippen molar-refractivity contribution in [1.29, 1.82) is 0 Å². The highest BCUT2D eigenvalue weighted by molar-refractivity contribution is 6.14. The van der Waals surface area contributed by atoms with Crippen molar-refractivity contribution in [2.45, 2.75) is 6.92 Å². The molecule has 0 spiro atoms. The average molecular weight is 235 g/mol. The van der Waals surface area contributed by atoms with E-state index in [1.54, 1.807) is 19.1 Å². The van der Waals surface area contributed by atoms with Gasteiger partial charge < -0.3 is 15.2 Å². The van der Waals surface area contributed by atoms with Crippen molar-refractivity contribution in [3.8, 4) is 5.75 Å². The van der Waals surface area contributed by atoms with Crippen LogP contribution in [0, 0.1) is 5.92 Å². The number of fused-ring (bicyclic) bond motifs is 1. The highest BCUT2D eigenvalue weighted by Gasteiger charge is 2.34. The van der Waals surface area contributed by atoms with Crippen molar-refractivity contribution >= 4 is 17.4 Å². The number of esters is 1. The van der Waals surface area contributed by atoms with Gasteiger partial charge in [0.15, 0.2) is 5.78 Å². The molecule has 0 bridgehead atoms. The van der Waals surface area contributed by atoms with E-state index < -0.39 is 11.9 Å². The van der Waals surface area contributed by atoms with Gasteiger partial charge in [0.05, 0.1) is 12.3 Å². The number of carbonyl (C=O) groups is 2. The molecule has 2 rings (SSSR count). The largest absolute Gasteiger partial charge is 0.506 e. The number of ether oxygens (including phenoxy) is 1. The molecule has 1 aromatic rings. The van der Waals surface area contributed by atoms with Gasteiger partial charge in [-0.25, -0.2) is 0 Å². The number of nitrogens with one attached hydrogen (secondary N) is 1. The summed E-state index contributed by atoms with van der Waals surface area (Å²) in [6, 6.07) is 4.64. The number of carbonyl (C=O) groups excluding carboxylic acids is 2. The predicted octanol–water partition coefficient (Wildman–Crippen LogP) is 1.18. The highest BCUT2D eigenvalue weighted by atomic mass is 16.5. The molecule has 5 nitrogen and oxygen atoms in total. The van der Waals surface area contributed by atoms with Crippen LogP contribution in [-0.4, -0.2) is 30.0 Å². The van der Waals surface area contributed by atoms with Crippen LogP contribution in [0.25, 0.3) is 0 Å². The summed E-state index contributed by atoms with van der Waals surface area (Å²) in [5.41, 5.74) is 0.715. The lowest BCUT2D eigenvalue weighted by molar-refractivity contribution is -0.145. The molecule has 17 heavy (non-hydrogen) atoms. The molecule has 1 aliphatic rings. The number of phenols is 1. The quantitative estimate of drug-likeness (QED) is 0.457. The normalized spacial score (nSPS) is 18.2. The molecule has 0 amide bonds. The van der Waals surface area contributed by atoms with Gasteiger partial charge in [0.25, 0.3) is 0 Å². The molecule has 0 aliphatic carbocycles. The first-order valence-corrected chi connectivity index (χ1v) is 5.41. The van der Waals surface area contributed by atoms with Gasteiger partial charge in [0, 0.05) is 12.1 Å². The minimum absolute atomic E-state index is 0.0122. The Morgan fingerprint density at radius 1 is 1.59 bits per heavy atom. The summed E-state index contributed by atoms with van der Waals surface area (Å²) in [6.07, 6.45) is 0. The Kier molecular flexibility index (Phi) is 2.99. The second-order valence-electron chi connectivity index (χ2n) is 3.75. The van der Waals surface area contributed by atoms with E-state index in [0.29, 0.717) is 11.3 Å². The van der Waals surface area contributed by atoms with Crippen molar-refractivity contribution in [3.63, 3.8) is 0 Å². The Morgan fingerprint density at radius 3 is 3.06 bits per heavy atom. The molecule has 90 valence electrons. The van der Waals surface area contributed by atoms with Crippen LogP contribution < -0.4 is 5.32 Å². The standard InChI is InChI=1S/C12H13NO4/c1-2-17-12(16)8-6-13-10-7(11(8)15)4-3-5-9(10)14/h3-5,8,13-14H,2,6H2,1H3. The van der Waals surface area contributed by atoms with Crippen LogP contribution in [0.2, 0.25) is 0 Å². The molecule has 1 heterocycles. The number of ketones is 1. The Hall–Kier alpha value is -2.04. The van der Waals surface area contributed by atoms with E-state index in [2.05, 4.69) is 5.32 Å².